The van der Waals surface area contributed by atoms with Gasteiger partial charge < -0.3 is 20.4 Å². The van der Waals surface area contributed by atoms with Crippen LogP contribution in [0.5, 0.6) is 11.5 Å². The molecule has 5 heteroatoms. The number of nitrogens with zero attached hydrogens (tertiary/aromatic N) is 1. The van der Waals surface area contributed by atoms with Crippen molar-refractivity contribution in [3.63, 3.8) is 0 Å². The molecular formula is C16H22N2O3. The van der Waals surface area contributed by atoms with Gasteiger partial charge in [0.15, 0.2) is 11.5 Å². The summed E-state index contributed by atoms with van der Waals surface area (Å²) in [5.74, 6) is -0.740. The van der Waals surface area contributed by atoms with Crippen molar-refractivity contribution in [3.05, 3.63) is 23.8 Å². The highest BCUT2D eigenvalue weighted by molar-refractivity contribution is 5.98. The minimum absolute atomic E-state index is 0.182. The third-order valence-corrected chi connectivity index (χ3v) is 4.32. The highest BCUT2D eigenvalue weighted by Gasteiger charge is 2.35. The number of benzene rings is 1. The standard InChI is InChI=1S/C16H22N2O3/c19-14-6-3-5-13(15(14)20)16(21)18(12-7-8-12)10-11-4-1-2-9-17-11/h3,5-6,11-12,17,19-20H,1-2,4,7-10H2. The fraction of sp³-hybridized carbons (Fsp3) is 0.562. The SMILES string of the molecule is O=C(c1cccc(O)c1O)N(CC1CCCCN1)C1CC1. The van der Waals surface area contributed by atoms with E-state index in [1.165, 1.54) is 18.9 Å². The number of piperidine rings is 1. The Hall–Kier alpha value is -1.75. The maximum absolute atomic E-state index is 12.7. The first-order valence-corrected chi connectivity index (χ1v) is 7.72. The Morgan fingerprint density at radius 1 is 1.24 bits per heavy atom. The van der Waals surface area contributed by atoms with E-state index >= 15 is 0 Å². The number of phenols is 2. The van der Waals surface area contributed by atoms with Crippen LogP contribution in [-0.4, -0.2) is 46.2 Å². The summed E-state index contributed by atoms with van der Waals surface area (Å²) >= 11 is 0. The van der Waals surface area contributed by atoms with Gasteiger partial charge in [-0.15, -0.1) is 0 Å². The summed E-state index contributed by atoms with van der Waals surface area (Å²) in [6.07, 6.45) is 5.53. The number of aromatic hydroxyl groups is 2. The molecule has 1 saturated carbocycles. The average Bonchev–Trinajstić information content (AvgIpc) is 3.33. The van der Waals surface area contributed by atoms with Gasteiger partial charge in [0.2, 0.25) is 0 Å². The summed E-state index contributed by atoms with van der Waals surface area (Å²) in [6.45, 7) is 1.69. The van der Waals surface area contributed by atoms with Crippen LogP contribution in [0.1, 0.15) is 42.5 Å². The second-order valence-corrected chi connectivity index (χ2v) is 6.01. The first-order chi connectivity index (χ1) is 10.2. The van der Waals surface area contributed by atoms with E-state index < -0.39 is 0 Å². The fourth-order valence-corrected chi connectivity index (χ4v) is 2.96. The van der Waals surface area contributed by atoms with Gasteiger partial charge in [0.1, 0.15) is 0 Å². The molecule has 1 aromatic carbocycles. The van der Waals surface area contributed by atoms with Crippen LogP contribution in [0.4, 0.5) is 0 Å². The van der Waals surface area contributed by atoms with Gasteiger partial charge in [-0.2, -0.15) is 0 Å². The number of nitrogens with one attached hydrogen (secondary N) is 1. The van der Waals surface area contributed by atoms with Crippen molar-refractivity contribution >= 4 is 5.91 Å². The van der Waals surface area contributed by atoms with E-state index in [4.69, 9.17) is 0 Å². The number of rotatable bonds is 4. The molecule has 1 aliphatic heterocycles. The topological polar surface area (TPSA) is 72.8 Å². The molecule has 3 N–H and O–H groups in total. The third-order valence-electron chi connectivity index (χ3n) is 4.32. The molecule has 2 aliphatic rings. The maximum Gasteiger partial charge on any atom is 0.258 e. The van der Waals surface area contributed by atoms with Crippen LogP contribution < -0.4 is 5.32 Å². The van der Waals surface area contributed by atoms with Gasteiger partial charge in [0.05, 0.1) is 5.56 Å². The molecule has 0 aromatic heterocycles. The number of carbonyl (C=O) groups is 1. The lowest BCUT2D eigenvalue weighted by Crippen LogP contribution is -2.46. The first kappa shape index (κ1) is 14.2. The summed E-state index contributed by atoms with van der Waals surface area (Å²) in [5.41, 5.74) is 0.192. The fourth-order valence-electron chi connectivity index (χ4n) is 2.96. The van der Waals surface area contributed by atoms with Gasteiger partial charge in [0.25, 0.3) is 5.91 Å². The molecule has 2 fully saturated rings. The van der Waals surface area contributed by atoms with Crippen LogP contribution in [0, 0.1) is 0 Å². The van der Waals surface area contributed by atoms with E-state index in [1.54, 1.807) is 12.1 Å². The first-order valence-electron chi connectivity index (χ1n) is 7.72. The van der Waals surface area contributed by atoms with Crippen molar-refractivity contribution in [1.82, 2.24) is 10.2 Å². The minimum atomic E-state index is -0.315. The lowest BCUT2D eigenvalue weighted by atomic mass is 10.0. The molecule has 1 amide bonds. The summed E-state index contributed by atoms with van der Waals surface area (Å²) in [4.78, 5) is 14.6. The Bertz CT molecular complexity index is 522. The number of carbonyl (C=O) groups excluding carboxylic acids is 1. The summed E-state index contributed by atoms with van der Waals surface area (Å²) in [6, 6.07) is 5.16. The zero-order valence-corrected chi connectivity index (χ0v) is 12.1. The molecule has 114 valence electrons. The maximum atomic E-state index is 12.7. The van der Waals surface area contributed by atoms with Crippen LogP contribution in [0.2, 0.25) is 0 Å². The van der Waals surface area contributed by atoms with Gasteiger partial charge in [-0.05, 0) is 44.4 Å². The van der Waals surface area contributed by atoms with E-state index in [0.29, 0.717) is 12.6 Å². The summed E-state index contributed by atoms with van der Waals surface area (Å²) in [5, 5.41) is 22.9. The molecule has 1 aromatic rings. The van der Waals surface area contributed by atoms with Crippen molar-refractivity contribution in [2.75, 3.05) is 13.1 Å². The molecule has 3 rings (SSSR count). The van der Waals surface area contributed by atoms with E-state index in [-0.39, 0.29) is 29.0 Å². The van der Waals surface area contributed by atoms with Gasteiger partial charge in [0, 0.05) is 18.6 Å². The summed E-state index contributed by atoms with van der Waals surface area (Å²) < 4.78 is 0. The van der Waals surface area contributed by atoms with Crippen LogP contribution in [0.15, 0.2) is 18.2 Å². The summed E-state index contributed by atoms with van der Waals surface area (Å²) in [7, 11) is 0. The monoisotopic (exact) mass is 290 g/mol. The Morgan fingerprint density at radius 2 is 2.05 bits per heavy atom. The van der Waals surface area contributed by atoms with Gasteiger partial charge in [-0.1, -0.05) is 12.5 Å². The van der Waals surface area contributed by atoms with Crippen molar-refractivity contribution in [2.24, 2.45) is 0 Å². The van der Waals surface area contributed by atoms with Crippen LogP contribution in [-0.2, 0) is 0 Å². The lowest BCUT2D eigenvalue weighted by molar-refractivity contribution is 0.0714. The Balaban J connectivity index is 1.76. The predicted octanol–water partition coefficient (Wildman–Crippen LogP) is 1.84. The lowest BCUT2D eigenvalue weighted by Gasteiger charge is -2.31. The number of hydrogen-bond acceptors (Lipinski definition) is 4. The Labute approximate surface area is 124 Å². The molecule has 0 radical (unpaired) electrons. The van der Waals surface area contributed by atoms with Crippen molar-refractivity contribution in [2.45, 2.75) is 44.2 Å². The Kier molecular flexibility index (Phi) is 4.01. The molecule has 1 aliphatic carbocycles. The zero-order chi connectivity index (χ0) is 14.8. The molecule has 0 bridgehead atoms. The average molecular weight is 290 g/mol. The molecule has 21 heavy (non-hydrogen) atoms. The molecule has 0 spiro atoms. The highest BCUT2D eigenvalue weighted by atomic mass is 16.3. The van der Waals surface area contributed by atoms with Crippen LogP contribution in [0.25, 0.3) is 0 Å². The number of phenolic OH excluding ortho intramolecular Hbond substituents is 2. The molecule has 1 heterocycles. The van der Waals surface area contributed by atoms with E-state index in [1.807, 2.05) is 4.90 Å². The van der Waals surface area contributed by atoms with Crippen molar-refractivity contribution < 1.29 is 15.0 Å². The quantitative estimate of drug-likeness (QED) is 0.740. The van der Waals surface area contributed by atoms with E-state index in [2.05, 4.69) is 5.32 Å². The predicted molar refractivity (Wildman–Crippen MR) is 79.5 cm³/mol. The van der Waals surface area contributed by atoms with Gasteiger partial charge in [-0.25, -0.2) is 0 Å². The van der Waals surface area contributed by atoms with Gasteiger partial charge >= 0.3 is 0 Å². The number of amides is 1. The minimum Gasteiger partial charge on any atom is -0.504 e. The molecular weight excluding hydrogens is 268 g/mol. The van der Waals surface area contributed by atoms with Crippen molar-refractivity contribution in [1.29, 1.82) is 0 Å². The van der Waals surface area contributed by atoms with Crippen LogP contribution >= 0.6 is 0 Å². The largest absolute Gasteiger partial charge is 0.504 e. The van der Waals surface area contributed by atoms with Crippen LogP contribution in [0.3, 0.4) is 0 Å². The second kappa shape index (κ2) is 5.93. The van der Waals surface area contributed by atoms with Crippen molar-refractivity contribution in [3.8, 4) is 11.5 Å². The van der Waals surface area contributed by atoms with E-state index in [9.17, 15) is 15.0 Å². The molecule has 1 unspecified atom stereocenters. The normalized spacial score (nSPS) is 22.0. The molecule has 1 atom stereocenters. The van der Waals surface area contributed by atoms with Gasteiger partial charge in [-0.3, -0.25) is 4.79 Å². The zero-order valence-electron chi connectivity index (χ0n) is 12.1. The molecule has 5 nitrogen and oxygen atoms in total. The third kappa shape index (κ3) is 3.13. The Morgan fingerprint density at radius 3 is 2.71 bits per heavy atom. The second-order valence-electron chi connectivity index (χ2n) is 6.01. The molecule has 1 saturated heterocycles. The number of hydrogen-bond donors (Lipinski definition) is 3. The van der Waals surface area contributed by atoms with E-state index in [0.717, 1.165) is 25.8 Å². The number of para-hydroxylation sites is 1. The highest BCUT2D eigenvalue weighted by Crippen LogP contribution is 2.33. The smallest absolute Gasteiger partial charge is 0.258 e.